The van der Waals surface area contributed by atoms with Crippen LogP contribution in [0, 0.1) is 6.92 Å². The maximum absolute atomic E-state index is 12.8. The fraction of sp³-hybridized carbons (Fsp3) is 0.350. The summed E-state index contributed by atoms with van der Waals surface area (Å²) in [5.74, 6) is 0. The molecule has 0 heterocycles. The number of hydrogen-bond acceptors (Lipinski definition) is 2. The largest absolute Gasteiger partial charge is 0.380 e. The molecule has 24 heavy (non-hydrogen) atoms. The predicted molar refractivity (Wildman–Crippen MR) is 95.9 cm³/mol. The molecule has 0 spiro atoms. The van der Waals surface area contributed by atoms with Gasteiger partial charge in [0.2, 0.25) is 0 Å². The lowest BCUT2D eigenvalue weighted by atomic mass is 10.1. The smallest absolute Gasteiger partial charge is 0.322 e. The first-order valence-electron chi connectivity index (χ1n) is 8.37. The highest BCUT2D eigenvalue weighted by molar-refractivity contribution is 5.90. The number of hydrogen-bond donors (Lipinski definition) is 1. The second-order valence-electron chi connectivity index (χ2n) is 6.37. The third-order valence-corrected chi connectivity index (χ3v) is 4.24. The zero-order valence-corrected chi connectivity index (χ0v) is 14.3. The molecule has 0 radical (unpaired) electrons. The Morgan fingerprint density at radius 2 is 2.00 bits per heavy atom. The van der Waals surface area contributed by atoms with Gasteiger partial charge in [0.1, 0.15) is 0 Å². The van der Waals surface area contributed by atoms with Gasteiger partial charge < -0.3 is 15.0 Å². The minimum atomic E-state index is -0.0393. The van der Waals surface area contributed by atoms with Crippen molar-refractivity contribution in [3.05, 3.63) is 65.2 Å². The summed E-state index contributed by atoms with van der Waals surface area (Å²) in [4.78, 5) is 14.8. The van der Waals surface area contributed by atoms with Crippen molar-refractivity contribution in [2.45, 2.75) is 39.0 Å². The summed E-state index contributed by atoms with van der Waals surface area (Å²) in [6.45, 7) is 3.20. The van der Waals surface area contributed by atoms with E-state index in [1.165, 1.54) is 11.1 Å². The number of nitrogens with zero attached hydrogens (tertiary/aromatic N) is 1. The highest BCUT2D eigenvalue weighted by Crippen LogP contribution is 2.29. The number of para-hydroxylation sites is 1. The van der Waals surface area contributed by atoms with Crippen molar-refractivity contribution < 1.29 is 9.53 Å². The minimum absolute atomic E-state index is 0.0393. The van der Waals surface area contributed by atoms with E-state index in [0.717, 1.165) is 24.1 Å². The number of amides is 2. The molecule has 4 nitrogen and oxygen atoms in total. The Labute approximate surface area is 143 Å². The van der Waals surface area contributed by atoms with E-state index in [0.29, 0.717) is 19.2 Å². The first-order valence-corrected chi connectivity index (χ1v) is 8.37. The first kappa shape index (κ1) is 16.5. The Bertz CT molecular complexity index is 710. The van der Waals surface area contributed by atoms with E-state index in [4.69, 9.17) is 4.74 Å². The Hall–Kier alpha value is -2.33. The van der Waals surface area contributed by atoms with Gasteiger partial charge in [-0.15, -0.1) is 0 Å². The van der Waals surface area contributed by atoms with E-state index in [1.807, 2.05) is 35.2 Å². The summed E-state index contributed by atoms with van der Waals surface area (Å²) >= 11 is 0. The van der Waals surface area contributed by atoms with Gasteiger partial charge in [0.25, 0.3) is 0 Å². The van der Waals surface area contributed by atoms with Gasteiger partial charge in [-0.1, -0.05) is 48.0 Å². The Balaban J connectivity index is 1.73. The van der Waals surface area contributed by atoms with Gasteiger partial charge in [-0.3, -0.25) is 0 Å². The zero-order valence-electron chi connectivity index (χ0n) is 14.3. The van der Waals surface area contributed by atoms with Crippen molar-refractivity contribution >= 4 is 11.7 Å². The molecule has 0 saturated heterocycles. The molecule has 0 bridgehead atoms. The number of nitrogens with one attached hydrogen (secondary N) is 1. The Morgan fingerprint density at radius 3 is 2.71 bits per heavy atom. The van der Waals surface area contributed by atoms with Crippen LogP contribution in [-0.4, -0.2) is 24.1 Å². The molecule has 0 aromatic heterocycles. The molecule has 126 valence electrons. The first-order chi connectivity index (χ1) is 11.7. The average Bonchev–Trinajstić information content (AvgIpc) is 3.39. The number of carbonyl (C=O) groups excluding carboxylic acids is 1. The van der Waals surface area contributed by atoms with Crippen molar-refractivity contribution in [2.24, 2.45) is 0 Å². The predicted octanol–water partition coefficient (Wildman–Crippen LogP) is 4.34. The summed E-state index contributed by atoms with van der Waals surface area (Å²) < 4.78 is 5.21. The number of methoxy groups -OCH3 is 1. The maximum atomic E-state index is 12.8. The normalized spacial score (nSPS) is 13.6. The number of benzene rings is 2. The molecule has 1 aliphatic carbocycles. The van der Waals surface area contributed by atoms with Crippen LogP contribution in [0.4, 0.5) is 10.5 Å². The van der Waals surface area contributed by atoms with Gasteiger partial charge in [0.05, 0.1) is 6.61 Å². The third-order valence-electron chi connectivity index (χ3n) is 4.24. The molecule has 0 atom stereocenters. The molecular formula is C20H24N2O2. The van der Waals surface area contributed by atoms with Gasteiger partial charge in [0.15, 0.2) is 0 Å². The molecule has 2 amide bonds. The molecule has 3 rings (SSSR count). The van der Waals surface area contributed by atoms with E-state index in [1.54, 1.807) is 7.11 Å². The quantitative estimate of drug-likeness (QED) is 0.859. The Morgan fingerprint density at radius 1 is 1.21 bits per heavy atom. The summed E-state index contributed by atoms with van der Waals surface area (Å²) in [5.41, 5.74) is 4.19. The van der Waals surface area contributed by atoms with Crippen LogP contribution in [0.1, 0.15) is 29.5 Å². The van der Waals surface area contributed by atoms with Crippen LogP contribution >= 0.6 is 0 Å². The standard InChI is InChI=1S/C20H24N2O2/c1-15-6-5-7-16(12-15)13-22(18-10-11-18)20(23)21-19-9-4-3-8-17(19)14-24-2/h3-9,12,18H,10-11,13-14H2,1-2H3,(H,21,23). The highest BCUT2D eigenvalue weighted by atomic mass is 16.5. The summed E-state index contributed by atoms with van der Waals surface area (Å²) in [6.07, 6.45) is 2.16. The monoisotopic (exact) mass is 324 g/mol. The molecule has 1 N–H and O–H groups in total. The molecule has 1 saturated carbocycles. The van der Waals surface area contributed by atoms with Gasteiger partial charge in [-0.2, -0.15) is 0 Å². The van der Waals surface area contributed by atoms with Crippen LogP contribution in [0.2, 0.25) is 0 Å². The number of rotatable bonds is 6. The van der Waals surface area contributed by atoms with E-state index >= 15 is 0 Å². The summed E-state index contributed by atoms with van der Waals surface area (Å²) in [5, 5.41) is 3.06. The molecule has 1 fully saturated rings. The topological polar surface area (TPSA) is 41.6 Å². The Kier molecular flexibility index (Phi) is 5.16. The number of ether oxygens (including phenoxy) is 1. The van der Waals surface area contributed by atoms with E-state index in [9.17, 15) is 4.79 Å². The molecule has 2 aromatic rings. The summed E-state index contributed by atoms with van der Waals surface area (Å²) in [7, 11) is 1.66. The SMILES string of the molecule is COCc1ccccc1NC(=O)N(Cc1cccc(C)c1)C1CC1. The lowest BCUT2D eigenvalue weighted by molar-refractivity contribution is 0.185. The summed E-state index contributed by atoms with van der Waals surface area (Å²) in [6, 6.07) is 16.4. The minimum Gasteiger partial charge on any atom is -0.380 e. The van der Waals surface area contributed by atoms with E-state index in [-0.39, 0.29) is 6.03 Å². The molecule has 0 unspecified atom stereocenters. The van der Waals surface area contributed by atoms with Crippen LogP contribution in [-0.2, 0) is 17.9 Å². The van der Waals surface area contributed by atoms with Crippen LogP contribution in [0.5, 0.6) is 0 Å². The number of carbonyl (C=O) groups is 1. The van der Waals surface area contributed by atoms with Crippen molar-refractivity contribution in [3.63, 3.8) is 0 Å². The third kappa shape index (κ3) is 4.15. The second kappa shape index (κ2) is 7.49. The van der Waals surface area contributed by atoms with Crippen molar-refractivity contribution in [1.29, 1.82) is 0 Å². The van der Waals surface area contributed by atoms with Crippen LogP contribution < -0.4 is 5.32 Å². The number of aryl methyl sites for hydroxylation is 1. The molecule has 1 aliphatic rings. The van der Waals surface area contributed by atoms with Gasteiger partial charge in [-0.05, 0) is 31.4 Å². The van der Waals surface area contributed by atoms with Crippen molar-refractivity contribution in [3.8, 4) is 0 Å². The lowest BCUT2D eigenvalue weighted by Gasteiger charge is -2.24. The maximum Gasteiger partial charge on any atom is 0.322 e. The molecule has 0 aliphatic heterocycles. The number of anilines is 1. The van der Waals surface area contributed by atoms with Crippen molar-refractivity contribution in [1.82, 2.24) is 4.90 Å². The van der Waals surface area contributed by atoms with Crippen LogP contribution in [0.25, 0.3) is 0 Å². The fourth-order valence-corrected chi connectivity index (χ4v) is 2.87. The van der Waals surface area contributed by atoms with Gasteiger partial charge in [0, 0.05) is 30.9 Å². The van der Waals surface area contributed by atoms with Crippen molar-refractivity contribution in [2.75, 3.05) is 12.4 Å². The highest BCUT2D eigenvalue weighted by Gasteiger charge is 2.32. The van der Waals surface area contributed by atoms with E-state index in [2.05, 4.69) is 30.4 Å². The molecular weight excluding hydrogens is 300 g/mol. The van der Waals surface area contributed by atoms with Crippen LogP contribution in [0.3, 0.4) is 0 Å². The van der Waals surface area contributed by atoms with Gasteiger partial charge >= 0.3 is 6.03 Å². The lowest BCUT2D eigenvalue weighted by Crippen LogP contribution is -2.36. The van der Waals surface area contributed by atoms with Crippen LogP contribution in [0.15, 0.2) is 48.5 Å². The molecule has 4 heteroatoms. The number of urea groups is 1. The van der Waals surface area contributed by atoms with E-state index < -0.39 is 0 Å². The second-order valence-corrected chi connectivity index (χ2v) is 6.37. The fourth-order valence-electron chi connectivity index (χ4n) is 2.87. The molecule has 2 aromatic carbocycles. The van der Waals surface area contributed by atoms with Gasteiger partial charge in [-0.25, -0.2) is 4.79 Å². The average molecular weight is 324 g/mol. The zero-order chi connectivity index (χ0) is 16.9.